The molecular weight excluding hydrogens is 209 g/mol. The fourth-order valence-corrected chi connectivity index (χ4v) is 2.36. The fourth-order valence-electron chi connectivity index (χ4n) is 1.44. The molecule has 1 N–H and O–H groups in total. The van der Waals surface area contributed by atoms with Gasteiger partial charge in [0.1, 0.15) is 5.82 Å². The van der Waals surface area contributed by atoms with Crippen LogP contribution in [0.3, 0.4) is 0 Å². The highest BCUT2D eigenvalue weighted by Crippen LogP contribution is 2.27. The van der Waals surface area contributed by atoms with Crippen LogP contribution >= 0.6 is 11.3 Å². The molecule has 0 bridgehead atoms. The molecule has 0 saturated carbocycles. The van der Waals surface area contributed by atoms with E-state index >= 15 is 0 Å². The molecule has 1 aromatic carbocycles. The Kier molecular flexibility index (Phi) is 3.14. The van der Waals surface area contributed by atoms with Crippen LogP contribution in [0.4, 0.5) is 4.39 Å². The Balaban J connectivity index is 2.25. The van der Waals surface area contributed by atoms with Crippen molar-refractivity contribution in [2.75, 3.05) is 7.05 Å². The Labute approximate surface area is 92.6 Å². The van der Waals surface area contributed by atoms with Crippen LogP contribution in [0.2, 0.25) is 0 Å². The van der Waals surface area contributed by atoms with Gasteiger partial charge >= 0.3 is 0 Å². The van der Waals surface area contributed by atoms with Gasteiger partial charge in [-0.3, -0.25) is 0 Å². The summed E-state index contributed by atoms with van der Waals surface area (Å²) >= 11 is 1.69. The molecule has 1 heterocycles. The summed E-state index contributed by atoms with van der Waals surface area (Å²) in [6, 6.07) is 8.74. The van der Waals surface area contributed by atoms with Crippen molar-refractivity contribution in [1.82, 2.24) is 5.32 Å². The minimum absolute atomic E-state index is 0.189. The number of thiophene rings is 1. The molecule has 0 aliphatic carbocycles. The molecule has 0 radical (unpaired) electrons. The van der Waals surface area contributed by atoms with E-state index in [1.54, 1.807) is 11.3 Å². The van der Waals surface area contributed by atoms with Crippen molar-refractivity contribution in [2.24, 2.45) is 0 Å². The van der Waals surface area contributed by atoms with E-state index in [-0.39, 0.29) is 5.82 Å². The maximum atomic E-state index is 12.7. The average molecular weight is 221 g/mol. The maximum Gasteiger partial charge on any atom is 0.123 e. The fraction of sp³-hybridized carbons (Fsp3) is 0.167. The van der Waals surface area contributed by atoms with Gasteiger partial charge < -0.3 is 5.32 Å². The maximum absolute atomic E-state index is 12.7. The van der Waals surface area contributed by atoms with E-state index in [2.05, 4.69) is 16.8 Å². The van der Waals surface area contributed by atoms with Crippen LogP contribution in [0.5, 0.6) is 0 Å². The standard InChI is InChI=1S/C12H12FNS/c1-14-7-9-6-12(15-8-9)10-2-4-11(13)5-3-10/h2-6,8,14H,7H2,1H3. The van der Waals surface area contributed by atoms with Gasteiger partial charge in [-0.05, 0) is 41.8 Å². The van der Waals surface area contributed by atoms with Gasteiger partial charge in [0.25, 0.3) is 0 Å². The first-order chi connectivity index (χ1) is 7.29. The van der Waals surface area contributed by atoms with E-state index in [0.717, 1.165) is 12.1 Å². The van der Waals surface area contributed by atoms with Gasteiger partial charge in [-0.25, -0.2) is 4.39 Å². The highest BCUT2D eigenvalue weighted by molar-refractivity contribution is 7.13. The minimum atomic E-state index is -0.189. The Bertz CT molecular complexity index is 433. The summed E-state index contributed by atoms with van der Waals surface area (Å²) in [6.07, 6.45) is 0. The van der Waals surface area contributed by atoms with Gasteiger partial charge in [-0.15, -0.1) is 11.3 Å². The van der Waals surface area contributed by atoms with Crippen LogP contribution < -0.4 is 5.32 Å². The summed E-state index contributed by atoms with van der Waals surface area (Å²) in [5.41, 5.74) is 2.34. The predicted octanol–water partition coefficient (Wildman–Crippen LogP) is 3.27. The molecule has 0 amide bonds. The average Bonchev–Trinajstić information content (AvgIpc) is 2.68. The van der Waals surface area contributed by atoms with Crippen LogP contribution in [-0.2, 0) is 6.54 Å². The molecule has 2 aromatic rings. The predicted molar refractivity (Wildman–Crippen MR) is 62.5 cm³/mol. The Morgan fingerprint density at radius 2 is 2.00 bits per heavy atom. The lowest BCUT2D eigenvalue weighted by molar-refractivity contribution is 0.628. The molecule has 0 spiro atoms. The Morgan fingerprint density at radius 3 is 2.67 bits per heavy atom. The Morgan fingerprint density at radius 1 is 1.27 bits per heavy atom. The number of benzene rings is 1. The third kappa shape index (κ3) is 2.43. The molecule has 0 atom stereocenters. The lowest BCUT2D eigenvalue weighted by Gasteiger charge is -1.96. The molecular formula is C12H12FNS. The lowest BCUT2D eigenvalue weighted by atomic mass is 10.1. The van der Waals surface area contributed by atoms with Gasteiger partial charge in [-0.1, -0.05) is 12.1 Å². The second kappa shape index (κ2) is 4.55. The summed E-state index contributed by atoms with van der Waals surface area (Å²) in [6.45, 7) is 0.873. The molecule has 0 saturated heterocycles. The van der Waals surface area contributed by atoms with Crippen molar-refractivity contribution in [3.63, 3.8) is 0 Å². The van der Waals surface area contributed by atoms with Gasteiger partial charge in [0.05, 0.1) is 0 Å². The van der Waals surface area contributed by atoms with Crippen molar-refractivity contribution >= 4 is 11.3 Å². The number of nitrogens with one attached hydrogen (secondary N) is 1. The minimum Gasteiger partial charge on any atom is -0.316 e. The van der Waals surface area contributed by atoms with Crippen molar-refractivity contribution in [1.29, 1.82) is 0 Å². The van der Waals surface area contributed by atoms with E-state index in [1.165, 1.54) is 22.6 Å². The first-order valence-corrected chi connectivity index (χ1v) is 5.65. The first kappa shape index (κ1) is 10.3. The molecule has 15 heavy (non-hydrogen) atoms. The van der Waals surface area contributed by atoms with E-state index < -0.39 is 0 Å². The van der Waals surface area contributed by atoms with Crippen LogP contribution in [0.15, 0.2) is 35.7 Å². The zero-order chi connectivity index (χ0) is 10.7. The molecule has 0 aliphatic rings. The molecule has 0 unspecified atom stereocenters. The second-order valence-electron chi connectivity index (χ2n) is 3.36. The van der Waals surface area contributed by atoms with Crippen molar-refractivity contribution in [3.8, 4) is 10.4 Å². The quantitative estimate of drug-likeness (QED) is 0.838. The third-order valence-corrected chi connectivity index (χ3v) is 3.19. The zero-order valence-corrected chi connectivity index (χ0v) is 9.27. The molecule has 78 valence electrons. The van der Waals surface area contributed by atoms with Crippen LogP contribution in [0.1, 0.15) is 5.56 Å². The van der Waals surface area contributed by atoms with E-state index in [0.29, 0.717) is 0 Å². The van der Waals surface area contributed by atoms with Crippen LogP contribution in [-0.4, -0.2) is 7.05 Å². The number of halogens is 1. The van der Waals surface area contributed by atoms with Crippen LogP contribution in [0, 0.1) is 5.82 Å². The molecule has 1 nitrogen and oxygen atoms in total. The summed E-state index contributed by atoms with van der Waals surface area (Å²) in [5, 5.41) is 5.22. The van der Waals surface area contributed by atoms with Gasteiger partial charge in [0.2, 0.25) is 0 Å². The first-order valence-electron chi connectivity index (χ1n) is 4.77. The molecule has 0 fully saturated rings. The molecule has 3 heteroatoms. The Hall–Kier alpha value is -1.19. The van der Waals surface area contributed by atoms with Crippen LogP contribution in [0.25, 0.3) is 10.4 Å². The summed E-state index contributed by atoms with van der Waals surface area (Å²) in [7, 11) is 1.93. The monoisotopic (exact) mass is 221 g/mol. The van der Waals surface area contributed by atoms with Crippen molar-refractivity contribution in [2.45, 2.75) is 6.54 Å². The second-order valence-corrected chi connectivity index (χ2v) is 4.27. The normalized spacial score (nSPS) is 10.5. The zero-order valence-electron chi connectivity index (χ0n) is 8.46. The molecule has 0 aliphatic heterocycles. The number of hydrogen-bond acceptors (Lipinski definition) is 2. The number of rotatable bonds is 3. The van der Waals surface area contributed by atoms with Crippen molar-refractivity contribution < 1.29 is 4.39 Å². The highest BCUT2D eigenvalue weighted by atomic mass is 32.1. The topological polar surface area (TPSA) is 12.0 Å². The molecule has 2 rings (SSSR count). The highest BCUT2D eigenvalue weighted by Gasteiger charge is 2.02. The lowest BCUT2D eigenvalue weighted by Crippen LogP contribution is -2.03. The largest absolute Gasteiger partial charge is 0.316 e. The summed E-state index contributed by atoms with van der Waals surface area (Å²) in [5.74, 6) is -0.189. The van der Waals surface area contributed by atoms with Gasteiger partial charge in [-0.2, -0.15) is 0 Å². The SMILES string of the molecule is CNCc1csc(-c2ccc(F)cc2)c1. The third-order valence-electron chi connectivity index (χ3n) is 2.16. The smallest absolute Gasteiger partial charge is 0.123 e. The van der Waals surface area contributed by atoms with Gasteiger partial charge in [0, 0.05) is 11.4 Å². The number of hydrogen-bond donors (Lipinski definition) is 1. The van der Waals surface area contributed by atoms with Crippen molar-refractivity contribution in [3.05, 3.63) is 47.1 Å². The van der Waals surface area contributed by atoms with E-state index in [4.69, 9.17) is 0 Å². The van der Waals surface area contributed by atoms with Gasteiger partial charge in [0.15, 0.2) is 0 Å². The summed E-state index contributed by atoms with van der Waals surface area (Å²) < 4.78 is 12.7. The summed E-state index contributed by atoms with van der Waals surface area (Å²) in [4.78, 5) is 1.18. The molecule has 1 aromatic heterocycles. The van der Waals surface area contributed by atoms with E-state index in [1.807, 2.05) is 19.2 Å². The van der Waals surface area contributed by atoms with E-state index in [9.17, 15) is 4.39 Å².